The van der Waals surface area contributed by atoms with Gasteiger partial charge in [-0.3, -0.25) is 4.79 Å². The fourth-order valence-corrected chi connectivity index (χ4v) is 9.91. The smallest absolute Gasteiger partial charge is 0.311 e. The maximum absolute atomic E-state index is 13.3. The lowest BCUT2D eigenvalue weighted by Gasteiger charge is -2.59. The van der Waals surface area contributed by atoms with E-state index in [1.165, 1.54) is 6.42 Å². The molecule has 6 nitrogen and oxygen atoms in total. The van der Waals surface area contributed by atoms with Crippen LogP contribution < -0.4 is 0 Å². The Morgan fingerprint density at radius 3 is 2.19 bits per heavy atom. The molecule has 6 heteroatoms. The largest absolute Gasteiger partial charge is 0.462 e. The fraction of sp³-hybridized carbons (Fsp3) is 0.972. The highest BCUT2D eigenvalue weighted by atomic mass is 16.6. The van der Waals surface area contributed by atoms with E-state index in [1.807, 2.05) is 34.6 Å². The maximum Gasteiger partial charge on any atom is 0.311 e. The minimum Gasteiger partial charge on any atom is -0.462 e. The molecular weight excluding hydrogens is 528 g/mol. The van der Waals surface area contributed by atoms with E-state index in [4.69, 9.17) is 9.47 Å². The molecule has 3 saturated carbocycles. The standard InChI is InChI=1S/C36H64O6/c1-11-12-16-36-17-13-14-28(38)32(5,6)23(21-36)25(37)19-27(36)34(9)20-24(26(22-34)41-30(39)31(2,3)4)35(10)18-15-29(42-35)33(7,8)40/h23-29,37-38,40H,11-22H2,1-10H3/t23-,24?,25-,26-,27-,28-,29-,34-,35?,36-/m0/s1. The van der Waals surface area contributed by atoms with Gasteiger partial charge in [-0.1, -0.05) is 47.0 Å². The van der Waals surface area contributed by atoms with Crippen LogP contribution >= 0.6 is 0 Å². The molecule has 1 aliphatic heterocycles. The molecule has 4 fully saturated rings. The van der Waals surface area contributed by atoms with Crippen molar-refractivity contribution in [2.24, 2.45) is 39.4 Å². The summed E-state index contributed by atoms with van der Waals surface area (Å²) in [4.78, 5) is 13.3. The van der Waals surface area contributed by atoms with E-state index in [9.17, 15) is 20.1 Å². The summed E-state index contributed by atoms with van der Waals surface area (Å²) in [6, 6.07) is 0. The monoisotopic (exact) mass is 592 g/mol. The van der Waals surface area contributed by atoms with Gasteiger partial charge in [0.05, 0.1) is 34.9 Å². The quantitative estimate of drug-likeness (QED) is 0.271. The molecule has 4 aliphatic rings. The van der Waals surface area contributed by atoms with Gasteiger partial charge in [-0.2, -0.15) is 0 Å². The molecule has 10 atom stereocenters. The summed E-state index contributed by atoms with van der Waals surface area (Å²) >= 11 is 0. The van der Waals surface area contributed by atoms with Crippen molar-refractivity contribution in [1.82, 2.24) is 0 Å². The van der Waals surface area contributed by atoms with Crippen LogP contribution in [0.4, 0.5) is 0 Å². The van der Waals surface area contributed by atoms with E-state index in [1.54, 1.807) is 0 Å². The molecule has 4 rings (SSSR count). The van der Waals surface area contributed by atoms with Crippen molar-refractivity contribution >= 4 is 5.97 Å². The molecule has 0 amide bonds. The first-order chi connectivity index (χ1) is 19.2. The van der Waals surface area contributed by atoms with Gasteiger partial charge in [0.1, 0.15) is 6.10 Å². The molecule has 1 heterocycles. The van der Waals surface area contributed by atoms with Crippen LogP contribution in [0.1, 0.15) is 146 Å². The Labute approximate surface area is 256 Å². The molecule has 1 saturated heterocycles. The second kappa shape index (κ2) is 11.6. The summed E-state index contributed by atoms with van der Waals surface area (Å²) in [5.74, 6) is 0.212. The van der Waals surface area contributed by atoms with Crippen molar-refractivity contribution in [3.63, 3.8) is 0 Å². The number of aliphatic hydroxyl groups is 3. The van der Waals surface area contributed by atoms with Crippen molar-refractivity contribution in [2.45, 2.75) is 182 Å². The number of fused-ring (bicyclic) bond motifs is 2. The molecule has 0 aromatic rings. The van der Waals surface area contributed by atoms with Crippen molar-refractivity contribution in [3.05, 3.63) is 0 Å². The molecule has 0 aromatic heterocycles. The SMILES string of the molecule is CCCC[C@]12CCC[C@H](O)C(C)(C)[C@@H](C1)[C@@H](O)C[C@H]2[C@@]1(C)CC(C2(C)CC[C@@H](C(C)(C)O)O2)[C@@H](OC(=O)C(C)(C)C)C1. The molecule has 0 radical (unpaired) electrons. The first-order valence-electron chi connectivity index (χ1n) is 17.2. The van der Waals surface area contributed by atoms with Crippen LogP contribution in [0.5, 0.6) is 0 Å². The van der Waals surface area contributed by atoms with Crippen LogP contribution in [0.3, 0.4) is 0 Å². The van der Waals surface area contributed by atoms with Crippen molar-refractivity contribution in [3.8, 4) is 0 Å². The lowest BCUT2D eigenvalue weighted by atomic mass is 9.46. The topological polar surface area (TPSA) is 96.2 Å². The molecule has 0 spiro atoms. The number of hydrogen-bond donors (Lipinski definition) is 3. The summed E-state index contributed by atoms with van der Waals surface area (Å²) in [5, 5.41) is 33.7. The van der Waals surface area contributed by atoms with Gasteiger partial charge in [0, 0.05) is 5.92 Å². The highest BCUT2D eigenvalue weighted by Gasteiger charge is 2.63. The zero-order valence-corrected chi connectivity index (χ0v) is 28.6. The minimum absolute atomic E-state index is 0.0195. The summed E-state index contributed by atoms with van der Waals surface area (Å²) in [6.07, 6.45) is 9.89. The Morgan fingerprint density at radius 2 is 1.62 bits per heavy atom. The number of unbranched alkanes of at least 4 members (excludes halogenated alkanes) is 1. The Balaban J connectivity index is 1.73. The predicted molar refractivity (Wildman–Crippen MR) is 167 cm³/mol. The molecule has 42 heavy (non-hydrogen) atoms. The van der Waals surface area contributed by atoms with Crippen LogP contribution in [0.2, 0.25) is 0 Å². The third kappa shape index (κ3) is 6.35. The number of ether oxygens (including phenoxy) is 2. The van der Waals surface area contributed by atoms with Gasteiger partial charge in [-0.25, -0.2) is 0 Å². The molecule has 3 N–H and O–H groups in total. The molecule has 0 aromatic carbocycles. The number of carbonyl (C=O) groups is 1. The van der Waals surface area contributed by atoms with Gasteiger partial charge in [0.15, 0.2) is 0 Å². The molecular formula is C36H64O6. The molecule has 244 valence electrons. The van der Waals surface area contributed by atoms with Crippen LogP contribution in [-0.4, -0.2) is 56.9 Å². The van der Waals surface area contributed by atoms with E-state index in [0.717, 1.165) is 70.6 Å². The van der Waals surface area contributed by atoms with Gasteiger partial charge in [0.25, 0.3) is 0 Å². The lowest BCUT2D eigenvalue weighted by molar-refractivity contribution is -0.174. The lowest BCUT2D eigenvalue weighted by Crippen LogP contribution is -2.56. The molecule has 2 bridgehead atoms. The van der Waals surface area contributed by atoms with E-state index >= 15 is 0 Å². The van der Waals surface area contributed by atoms with Crippen molar-refractivity contribution < 1.29 is 29.6 Å². The third-order valence-corrected chi connectivity index (χ3v) is 12.7. The molecule has 3 aliphatic carbocycles. The normalized spacial score (nSPS) is 44.5. The van der Waals surface area contributed by atoms with E-state index in [2.05, 4.69) is 34.6 Å². The average molecular weight is 593 g/mol. The zero-order valence-electron chi connectivity index (χ0n) is 28.6. The Bertz CT molecular complexity index is 963. The summed E-state index contributed by atoms with van der Waals surface area (Å²) in [6.45, 7) is 20.6. The van der Waals surface area contributed by atoms with Crippen LogP contribution in [-0.2, 0) is 14.3 Å². The highest BCUT2D eigenvalue weighted by molar-refractivity contribution is 5.75. The predicted octanol–water partition coefficient (Wildman–Crippen LogP) is 7.20. The third-order valence-electron chi connectivity index (χ3n) is 12.7. The average Bonchev–Trinajstić information content (AvgIpc) is 3.44. The van der Waals surface area contributed by atoms with E-state index in [0.29, 0.717) is 5.92 Å². The van der Waals surface area contributed by atoms with Gasteiger partial charge >= 0.3 is 5.97 Å². The second-order valence-electron chi connectivity index (χ2n) is 17.8. The van der Waals surface area contributed by atoms with Gasteiger partial charge < -0.3 is 24.8 Å². The number of hydrogen-bond acceptors (Lipinski definition) is 6. The van der Waals surface area contributed by atoms with Crippen molar-refractivity contribution in [2.75, 3.05) is 0 Å². The van der Waals surface area contributed by atoms with Crippen LogP contribution in [0, 0.1) is 39.4 Å². The van der Waals surface area contributed by atoms with Crippen molar-refractivity contribution in [1.29, 1.82) is 0 Å². The van der Waals surface area contributed by atoms with Crippen LogP contribution in [0.15, 0.2) is 0 Å². The second-order valence-corrected chi connectivity index (χ2v) is 17.8. The maximum atomic E-state index is 13.3. The number of aliphatic hydroxyl groups excluding tert-OH is 2. The van der Waals surface area contributed by atoms with Gasteiger partial charge in [-0.05, 0) is 127 Å². The number of esters is 1. The molecule has 2 unspecified atom stereocenters. The summed E-state index contributed by atoms with van der Waals surface area (Å²) in [7, 11) is 0. The zero-order chi connectivity index (χ0) is 31.5. The first-order valence-corrected chi connectivity index (χ1v) is 17.2. The Morgan fingerprint density at radius 1 is 0.952 bits per heavy atom. The van der Waals surface area contributed by atoms with E-state index < -0.39 is 28.8 Å². The number of rotatable bonds is 7. The minimum atomic E-state index is -0.930. The van der Waals surface area contributed by atoms with Gasteiger partial charge in [0.2, 0.25) is 0 Å². The fourth-order valence-electron chi connectivity index (χ4n) is 9.91. The Kier molecular flexibility index (Phi) is 9.43. The highest BCUT2D eigenvalue weighted by Crippen LogP contribution is 2.66. The van der Waals surface area contributed by atoms with Gasteiger partial charge in [-0.15, -0.1) is 0 Å². The van der Waals surface area contributed by atoms with Crippen LogP contribution in [0.25, 0.3) is 0 Å². The summed E-state index contributed by atoms with van der Waals surface area (Å²) in [5.41, 5.74) is -2.39. The Hall–Kier alpha value is -0.690. The first kappa shape index (κ1) is 34.2. The van der Waals surface area contributed by atoms with E-state index in [-0.39, 0.29) is 46.3 Å². The summed E-state index contributed by atoms with van der Waals surface area (Å²) < 4.78 is 13.2. The number of carbonyl (C=O) groups excluding carboxylic acids is 1.